The Balaban J connectivity index is 1.82. The van der Waals surface area contributed by atoms with Crippen LogP contribution in [0.25, 0.3) is 0 Å². The van der Waals surface area contributed by atoms with Gasteiger partial charge >= 0.3 is 0 Å². The number of β-amino-alcohol motifs (C(OH)–C–C–N with tert-alkyl or cyclic N) is 1. The Labute approximate surface area is 109 Å². The van der Waals surface area contributed by atoms with Crippen LogP contribution in [-0.2, 0) is 11.3 Å². The minimum atomic E-state index is -0.404. The number of halogens is 1. The van der Waals surface area contributed by atoms with Crippen LogP contribution in [0.5, 0.6) is 0 Å². The standard InChI is InChI=1S/C12H15BrN2O2/c13-9-3-1-8(2-4-9)6-15-12(17)11-5-10(16)7-14-11/h1-4,10-11,14,16H,5-7H2,(H,15,17)/t10-,11+/m1/s1. The van der Waals surface area contributed by atoms with E-state index in [1.165, 1.54) is 0 Å². The van der Waals surface area contributed by atoms with Gasteiger partial charge in [-0.25, -0.2) is 0 Å². The van der Waals surface area contributed by atoms with Crippen LogP contribution in [0.3, 0.4) is 0 Å². The first-order valence-corrected chi connectivity index (χ1v) is 6.38. The number of carbonyl (C=O) groups is 1. The van der Waals surface area contributed by atoms with E-state index in [0.29, 0.717) is 19.5 Å². The van der Waals surface area contributed by atoms with Crippen LogP contribution >= 0.6 is 15.9 Å². The number of carbonyl (C=O) groups excluding carboxylic acids is 1. The molecule has 17 heavy (non-hydrogen) atoms. The third-order valence-corrected chi connectivity index (χ3v) is 3.33. The Morgan fingerprint density at radius 1 is 1.47 bits per heavy atom. The van der Waals surface area contributed by atoms with Crippen molar-refractivity contribution in [2.45, 2.75) is 25.1 Å². The molecule has 1 fully saturated rings. The lowest BCUT2D eigenvalue weighted by Crippen LogP contribution is -2.39. The van der Waals surface area contributed by atoms with Gasteiger partial charge in [-0.2, -0.15) is 0 Å². The van der Waals surface area contributed by atoms with E-state index in [1.807, 2.05) is 24.3 Å². The highest BCUT2D eigenvalue weighted by Gasteiger charge is 2.27. The summed E-state index contributed by atoms with van der Waals surface area (Å²) in [6, 6.07) is 7.54. The SMILES string of the molecule is O=C(NCc1ccc(Br)cc1)[C@@H]1C[C@@H](O)CN1. The summed E-state index contributed by atoms with van der Waals surface area (Å²) in [7, 11) is 0. The summed E-state index contributed by atoms with van der Waals surface area (Å²) in [6.45, 7) is 1.01. The molecule has 2 rings (SSSR count). The predicted molar refractivity (Wildman–Crippen MR) is 68.4 cm³/mol. The second kappa shape index (κ2) is 5.62. The van der Waals surface area contributed by atoms with Gasteiger partial charge in [-0.3, -0.25) is 4.79 Å². The Hall–Kier alpha value is -0.910. The number of nitrogens with one attached hydrogen (secondary N) is 2. The van der Waals surface area contributed by atoms with E-state index >= 15 is 0 Å². The van der Waals surface area contributed by atoms with Crippen molar-refractivity contribution in [3.63, 3.8) is 0 Å². The molecular formula is C12H15BrN2O2. The molecule has 5 heteroatoms. The number of aliphatic hydroxyl groups is 1. The van der Waals surface area contributed by atoms with Gasteiger partial charge in [-0.1, -0.05) is 28.1 Å². The summed E-state index contributed by atoms with van der Waals surface area (Å²) in [6.07, 6.45) is 0.0880. The topological polar surface area (TPSA) is 61.4 Å². The third-order valence-electron chi connectivity index (χ3n) is 2.80. The van der Waals surface area contributed by atoms with Crippen molar-refractivity contribution in [3.05, 3.63) is 34.3 Å². The molecule has 2 atom stereocenters. The molecular weight excluding hydrogens is 284 g/mol. The average Bonchev–Trinajstić information content (AvgIpc) is 2.75. The Bertz CT molecular complexity index is 394. The highest BCUT2D eigenvalue weighted by atomic mass is 79.9. The van der Waals surface area contributed by atoms with Gasteiger partial charge in [-0.05, 0) is 24.1 Å². The van der Waals surface area contributed by atoms with Crippen molar-refractivity contribution in [1.29, 1.82) is 0 Å². The summed E-state index contributed by atoms with van der Waals surface area (Å²) in [5, 5.41) is 15.2. The second-order valence-electron chi connectivity index (χ2n) is 4.19. The average molecular weight is 299 g/mol. The fourth-order valence-corrected chi connectivity index (χ4v) is 2.10. The molecule has 1 saturated heterocycles. The van der Waals surface area contributed by atoms with Crippen LogP contribution in [-0.4, -0.2) is 29.7 Å². The van der Waals surface area contributed by atoms with Crippen molar-refractivity contribution in [3.8, 4) is 0 Å². The zero-order chi connectivity index (χ0) is 12.3. The van der Waals surface area contributed by atoms with Gasteiger partial charge in [-0.15, -0.1) is 0 Å². The monoisotopic (exact) mass is 298 g/mol. The largest absolute Gasteiger partial charge is 0.392 e. The first-order chi connectivity index (χ1) is 8.15. The van der Waals surface area contributed by atoms with Gasteiger partial charge in [0.2, 0.25) is 5.91 Å². The number of aliphatic hydroxyl groups excluding tert-OH is 1. The fraction of sp³-hybridized carbons (Fsp3) is 0.417. The highest BCUT2D eigenvalue weighted by molar-refractivity contribution is 9.10. The normalized spacial score (nSPS) is 23.6. The lowest BCUT2D eigenvalue weighted by atomic mass is 10.2. The zero-order valence-electron chi connectivity index (χ0n) is 9.32. The first kappa shape index (κ1) is 12.5. The molecule has 1 aliphatic rings. The van der Waals surface area contributed by atoms with Crippen LogP contribution in [0.1, 0.15) is 12.0 Å². The van der Waals surface area contributed by atoms with Crippen LogP contribution in [0, 0.1) is 0 Å². The Morgan fingerprint density at radius 3 is 2.76 bits per heavy atom. The fourth-order valence-electron chi connectivity index (χ4n) is 1.83. The van der Waals surface area contributed by atoms with Crippen molar-refractivity contribution >= 4 is 21.8 Å². The van der Waals surface area contributed by atoms with Crippen LogP contribution in [0.4, 0.5) is 0 Å². The van der Waals surface area contributed by atoms with E-state index in [-0.39, 0.29) is 11.9 Å². The van der Waals surface area contributed by atoms with Crippen molar-refractivity contribution in [1.82, 2.24) is 10.6 Å². The molecule has 3 N–H and O–H groups in total. The molecule has 1 aliphatic heterocycles. The molecule has 92 valence electrons. The predicted octanol–water partition coefficient (Wildman–Crippen LogP) is 0.788. The zero-order valence-corrected chi connectivity index (χ0v) is 10.9. The molecule has 1 heterocycles. The molecule has 0 bridgehead atoms. The Kier molecular flexibility index (Phi) is 4.15. The molecule has 1 aromatic rings. The number of hydrogen-bond donors (Lipinski definition) is 3. The van der Waals surface area contributed by atoms with E-state index in [4.69, 9.17) is 0 Å². The smallest absolute Gasteiger partial charge is 0.237 e. The maximum Gasteiger partial charge on any atom is 0.237 e. The molecule has 0 saturated carbocycles. The molecule has 1 aromatic carbocycles. The first-order valence-electron chi connectivity index (χ1n) is 5.59. The number of rotatable bonds is 3. The molecule has 0 spiro atoms. The number of amides is 1. The van der Waals surface area contributed by atoms with Gasteiger partial charge in [0.05, 0.1) is 12.1 Å². The summed E-state index contributed by atoms with van der Waals surface area (Å²) >= 11 is 3.36. The highest BCUT2D eigenvalue weighted by Crippen LogP contribution is 2.11. The lowest BCUT2D eigenvalue weighted by molar-refractivity contribution is -0.123. The van der Waals surface area contributed by atoms with Crippen LogP contribution < -0.4 is 10.6 Å². The maximum atomic E-state index is 11.7. The summed E-state index contributed by atoms with van der Waals surface area (Å²) in [5.74, 6) is -0.0514. The molecule has 0 radical (unpaired) electrons. The molecule has 1 amide bonds. The molecule has 0 aliphatic carbocycles. The maximum absolute atomic E-state index is 11.7. The van der Waals surface area contributed by atoms with Crippen LogP contribution in [0.2, 0.25) is 0 Å². The second-order valence-corrected chi connectivity index (χ2v) is 5.11. The summed E-state index contributed by atoms with van der Waals surface area (Å²) in [4.78, 5) is 11.7. The lowest BCUT2D eigenvalue weighted by Gasteiger charge is -2.11. The molecule has 4 nitrogen and oxygen atoms in total. The van der Waals surface area contributed by atoms with Crippen molar-refractivity contribution in [2.75, 3.05) is 6.54 Å². The van der Waals surface area contributed by atoms with E-state index in [9.17, 15) is 9.90 Å². The molecule has 0 aromatic heterocycles. The number of benzene rings is 1. The van der Waals surface area contributed by atoms with Gasteiger partial charge in [0.1, 0.15) is 0 Å². The van der Waals surface area contributed by atoms with Crippen molar-refractivity contribution < 1.29 is 9.90 Å². The van der Waals surface area contributed by atoms with E-state index in [0.717, 1.165) is 10.0 Å². The quantitative estimate of drug-likeness (QED) is 0.773. The van der Waals surface area contributed by atoms with Gasteiger partial charge in [0.25, 0.3) is 0 Å². The van der Waals surface area contributed by atoms with Gasteiger partial charge in [0, 0.05) is 17.6 Å². The molecule has 0 unspecified atom stereocenters. The number of hydrogen-bond acceptors (Lipinski definition) is 3. The summed E-state index contributed by atoms with van der Waals surface area (Å²) < 4.78 is 1.02. The third kappa shape index (κ3) is 3.52. The van der Waals surface area contributed by atoms with E-state index in [2.05, 4.69) is 26.6 Å². The summed E-state index contributed by atoms with van der Waals surface area (Å²) in [5.41, 5.74) is 1.06. The Morgan fingerprint density at radius 2 is 2.18 bits per heavy atom. The van der Waals surface area contributed by atoms with E-state index < -0.39 is 6.10 Å². The van der Waals surface area contributed by atoms with Gasteiger partial charge < -0.3 is 15.7 Å². The van der Waals surface area contributed by atoms with Crippen molar-refractivity contribution in [2.24, 2.45) is 0 Å². The van der Waals surface area contributed by atoms with Gasteiger partial charge in [0.15, 0.2) is 0 Å². The minimum absolute atomic E-state index is 0.0514. The van der Waals surface area contributed by atoms with E-state index in [1.54, 1.807) is 0 Å². The van der Waals surface area contributed by atoms with Crippen LogP contribution in [0.15, 0.2) is 28.7 Å². The minimum Gasteiger partial charge on any atom is -0.392 e.